The van der Waals surface area contributed by atoms with E-state index in [0.29, 0.717) is 6.42 Å². The Morgan fingerprint density at radius 2 is 1.11 bits per heavy atom. The summed E-state index contributed by atoms with van der Waals surface area (Å²) in [5, 5.41) is -0.458. The normalized spacial score (nSPS) is 52.0. The molecule has 1 aliphatic carbocycles. The van der Waals surface area contributed by atoms with Gasteiger partial charge in [-0.3, -0.25) is 0 Å². The lowest BCUT2D eigenvalue weighted by molar-refractivity contribution is 0.901. The molecule has 1 fully saturated rings. The molecular weight excluding hydrogens is 202 g/mol. The van der Waals surface area contributed by atoms with Gasteiger partial charge in [0.05, 0.1) is 21.5 Å². The zero-order valence-corrected chi connectivity index (χ0v) is 7.55. The van der Waals surface area contributed by atoms with Gasteiger partial charge < -0.3 is 0 Å². The second-order valence-corrected chi connectivity index (χ2v) is 4.29. The van der Waals surface area contributed by atoms with Crippen LogP contribution in [-0.2, 0) is 0 Å². The van der Waals surface area contributed by atoms with Gasteiger partial charge in [0.25, 0.3) is 0 Å². The molecule has 0 nitrogen and oxygen atoms in total. The first-order valence-electron chi connectivity index (χ1n) is 2.69. The summed E-state index contributed by atoms with van der Waals surface area (Å²) in [7, 11) is 0. The summed E-state index contributed by atoms with van der Waals surface area (Å²) >= 11 is 23.0. The molecule has 4 heteroatoms. The molecule has 0 aliphatic heterocycles. The molecule has 0 heterocycles. The minimum atomic E-state index is -0.171. The second kappa shape index (κ2) is 3.04. The quantitative estimate of drug-likeness (QED) is 0.537. The van der Waals surface area contributed by atoms with E-state index >= 15 is 0 Å². The first kappa shape index (κ1) is 8.26. The molecular formula is C5H6Cl4. The van der Waals surface area contributed by atoms with Crippen LogP contribution in [-0.4, -0.2) is 21.5 Å². The topological polar surface area (TPSA) is 0 Å². The van der Waals surface area contributed by atoms with Crippen molar-refractivity contribution in [3.63, 3.8) is 0 Å². The van der Waals surface area contributed by atoms with Crippen LogP contribution in [0.1, 0.15) is 6.42 Å². The van der Waals surface area contributed by atoms with Crippen molar-refractivity contribution in [3.8, 4) is 0 Å². The highest BCUT2D eigenvalue weighted by molar-refractivity contribution is 6.39. The van der Waals surface area contributed by atoms with E-state index in [0.717, 1.165) is 0 Å². The molecule has 0 aromatic heterocycles. The molecule has 0 amide bonds. The van der Waals surface area contributed by atoms with Crippen molar-refractivity contribution >= 4 is 46.4 Å². The molecule has 1 aliphatic rings. The Labute approximate surface area is 74.4 Å². The van der Waals surface area contributed by atoms with E-state index in [1.807, 2.05) is 0 Å². The minimum Gasteiger partial charge on any atom is -0.121 e. The van der Waals surface area contributed by atoms with Crippen molar-refractivity contribution in [1.82, 2.24) is 0 Å². The van der Waals surface area contributed by atoms with Crippen LogP contribution in [0, 0.1) is 0 Å². The summed E-state index contributed by atoms with van der Waals surface area (Å²) < 4.78 is 0. The number of hydrogen-bond acceptors (Lipinski definition) is 0. The van der Waals surface area contributed by atoms with Crippen molar-refractivity contribution in [2.45, 2.75) is 27.9 Å². The fourth-order valence-corrected chi connectivity index (χ4v) is 2.37. The van der Waals surface area contributed by atoms with E-state index in [1.54, 1.807) is 0 Å². The van der Waals surface area contributed by atoms with Gasteiger partial charge in [-0.2, -0.15) is 0 Å². The third-order valence-electron chi connectivity index (χ3n) is 1.45. The summed E-state index contributed by atoms with van der Waals surface area (Å²) in [5.41, 5.74) is 0. The summed E-state index contributed by atoms with van der Waals surface area (Å²) in [6, 6.07) is 0. The van der Waals surface area contributed by atoms with Crippen molar-refractivity contribution in [1.29, 1.82) is 0 Å². The summed E-state index contributed by atoms with van der Waals surface area (Å²) in [6.45, 7) is 0. The molecule has 0 aromatic rings. The van der Waals surface area contributed by atoms with E-state index in [1.165, 1.54) is 0 Å². The van der Waals surface area contributed by atoms with Crippen LogP contribution in [0.5, 0.6) is 0 Å². The van der Waals surface area contributed by atoms with Crippen LogP contribution >= 0.6 is 46.4 Å². The average Bonchev–Trinajstić information content (AvgIpc) is 1.98. The average molecular weight is 208 g/mol. The maximum absolute atomic E-state index is 5.76. The molecule has 0 N–H and O–H groups in total. The Morgan fingerprint density at radius 3 is 1.22 bits per heavy atom. The Balaban J connectivity index is 2.54. The van der Waals surface area contributed by atoms with E-state index in [-0.39, 0.29) is 21.5 Å². The van der Waals surface area contributed by atoms with Crippen molar-refractivity contribution in [2.75, 3.05) is 0 Å². The fraction of sp³-hybridized carbons (Fsp3) is 1.00. The molecule has 54 valence electrons. The predicted octanol–water partition coefficient (Wildman–Crippen LogP) is 2.82. The van der Waals surface area contributed by atoms with Gasteiger partial charge in [-0.25, -0.2) is 0 Å². The van der Waals surface area contributed by atoms with Crippen LogP contribution in [0.4, 0.5) is 0 Å². The summed E-state index contributed by atoms with van der Waals surface area (Å²) in [6.07, 6.45) is 0.714. The van der Waals surface area contributed by atoms with Gasteiger partial charge >= 0.3 is 0 Å². The fourth-order valence-electron chi connectivity index (χ4n) is 0.874. The first-order valence-corrected chi connectivity index (χ1v) is 4.44. The SMILES string of the molecule is Cl[C@@H]1[C@H](Cl)[C@@H](Cl)C[C@H]1Cl. The van der Waals surface area contributed by atoms with E-state index in [9.17, 15) is 0 Å². The highest BCUT2D eigenvalue weighted by atomic mass is 35.5. The third-order valence-corrected chi connectivity index (χ3v) is 3.88. The smallest absolute Gasteiger partial charge is 0.0678 e. The van der Waals surface area contributed by atoms with Gasteiger partial charge in [0.2, 0.25) is 0 Å². The molecule has 0 saturated heterocycles. The molecule has 0 radical (unpaired) electrons. The van der Waals surface area contributed by atoms with Gasteiger partial charge in [0.15, 0.2) is 0 Å². The van der Waals surface area contributed by atoms with Crippen LogP contribution in [0.25, 0.3) is 0 Å². The van der Waals surface area contributed by atoms with Crippen molar-refractivity contribution < 1.29 is 0 Å². The lowest BCUT2D eigenvalue weighted by atomic mass is 10.4. The molecule has 0 aromatic carbocycles. The van der Waals surface area contributed by atoms with Crippen LogP contribution < -0.4 is 0 Å². The van der Waals surface area contributed by atoms with Crippen molar-refractivity contribution in [2.24, 2.45) is 0 Å². The number of halogens is 4. The Kier molecular flexibility index (Phi) is 2.79. The molecule has 1 saturated carbocycles. The lowest BCUT2D eigenvalue weighted by Crippen LogP contribution is -2.17. The zero-order valence-electron chi connectivity index (χ0n) is 4.53. The number of hydrogen-bond donors (Lipinski definition) is 0. The summed E-state index contributed by atoms with van der Waals surface area (Å²) in [5.74, 6) is 0. The monoisotopic (exact) mass is 206 g/mol. The summed E-state index contributed by atoms with van der Waals surface area (Å²) in [4.78, 5) is 0. The molecule has 1 rings (SSSR count). The first-order chi connectivity index (χ1) is 4.13. The third kappa shape index (κ3) is 1.59. The van der Waals surface area contributed by atoms with Crippen LogP contribution in [0.15, 0.2) is 0 Å². The highest BCUT2D eigenvalue weighted by Crippen LogP contribution is 2.36. The standard InChI is InChI=1S/C5H6Cl4/c6-2-1-3(7)5(9)4(2)8/h2-5H,1H2/t2-,3+,4+,5-. The molecule has 0 unspecified atom stereocenters. The minimum absolute atomic E-state index is 0.0586. The van der Waals surface area contributed by atoms with Gasteiger partial charge in [-0.05, 0) is 6.42 Å². The van der Waals surface area contributed by atoms with E-state index < -0.39 is 0 Å². The van der Waals surface area contributed by atoms with Gasteiger partial charge in [-0.1, -0.05) is 0 Å². The highest BCUT2D eigenvalue weighted by Gasteiger charge is 2.39. The van der Waals surface area contributed by atoms with E-state index in [4.69, 9.17) is 46.4 Å². The Bertz CT molecular complexity index is 93.1. The van der Waals surface area contributed by atoms with Gasteiger partial charge in [0.1, 0.15) is 0 Å². The lowest BCUT2D eigenvalue weighted by Gasteiger charge is -2.07. The molecule has 0 bridgehead atoms. The number of rotatable bonds is 0. The van der Waals surface area contributed by atoms with Gasteiger partial charge in [-0.15, -0.1) is 46.4 Å². The van der Waals surface area contributed by atoms with Crippen LogP contribution in [0.2, 0.25) is 0 Å². The molecule has 0 spiro atoms. The second-order valence-electron chi connectivity index (χ2n) is 2.16. The predicted molar refractivity (Wildman–Crippen MR) is 43.2 cm³/mol. The largest absolute Gasteiger partial charge is 0.121 e. The van der Waals surface area contributed by atoms with Crippen molar-refractivity contribution in [3.05, 3.63) is 0 Å². The Morgan fingerprint density at radius 1 is 0.778 bits per heavy atom. The number of alkyl halides is 4. The molecule has 9 heavy (non-hydrogen) atoms. The molecule has 4 atom stereocenters. The Hall–Kier alpha value is 1.16. The van der Waals surface area contributed by atoms with Crippen LogP contribution in [0.3, 0.4) is 0 Å². The van der Waals surface area contributed by atoms with E-state index in [2.05, 4.69) is 0 Å². The maximum atomic E-state index is 5.76. The van der Waals surface area contributed by atoms with Gasteiger partial charge in [0, 0.05) is 0 Å². The zero-order chi connectivity index (χ0) is 7.02. The maximum Gasteiger partial charge on any atom is 0.0678 e.